The van der Waals surface area contributed by atoms with Gasteiger partial charge in [0.05, 0.1) is 23.9 Å². The third-order valence-electron chi connectivity index (χ3n) is 3.27. The second-order valence-corrected chi connectivity index (χ2v) is 4.39. The Labute approximate surface area is 115 Å². The topological polar surface area (TPSA) is 72.6 Å². The Bertz CT molecular complexity index is 725. The van der Waals surface area contributed by atoms with E-state index in [9.17, 15) is 9.59 Å². The van der Waals surface area contributed by atoms with Gasteiger partial charge in [0.2, 0.25) is 0 Å². The molecule has 2 amide bonds. The van der Waals surface area contributed by atoms with Crippen LogP contribution in [-0.4, -0.2) is 18.9 Å². The summed E-state index contributed by atoms with van der Waals surface area (Å²) in [4.78, 5) is 26.0. The van der Waals surface area contributed by atoms with Gasteiger partial charge in [-0.3, -0.25) is 9.59 Å². The number of methoxy groups -OCH3 is 1. The van der Waals surface area contributed by atoms with Crippen LogP contribution in [-0.2, 0) is 0 Å². The number of hydrogen-bond donors (Lipinski definition) is 1. The average Bonchev–Trinajstić information content (AvgIpc) is 2.72. The minimum absolute atomic E-state index is 0.253. The molecule has 0 aliphatic carbocycles. The molecule has 5 heteroatoms. The molecule has 1 aliphatic heterocycles. The number of nitrogens with two attached hydrogens (primary N) is 1. The standard InChI is InChI=1S/C15H12N2O3/c1-20-12-8-3-2-7-11(12)17-14(18)9-5-4-6-10(16)13(9)15(17)19/h2-8H,16H2,1H3. The second-order valence-electron chi connectivity index (χ2n) is 4.39. The third-order valence-corrected chi connectivity index (χ3v) is 3.27. The molecule has 0 aromatic heterocycles. The lowest BCUT2D eigenvalue weighted by Crippen LogP contribution is -2.29. The lowest BCUT2D eigenvalue weighted by molar-refractivity contribution is 0.0925. The van der Waals surface area contributed by atoms with Crippen LogP contribution in [0.25, 0.3) is 0 Å². The van der Waals surface area contributed by atoms with E-state index in [1.54, 1.807) is 42.5 Å². The Morgan fingerprint density at radius 1 is 1.00 bits per heavy atom. The van der Waals surface area contributed by atoms with Gasteiger partial charge < -0.3 is 10.5 Å². The lowest BCUT2D eigenvalue weighted by atomic mass is 10.1. The molecule has 2 aromatic carbocycles. The van der Waals surface area contributed by atoms with Crippen LogP contribution >= 0.6 is 0 Å². The number of hydrogen-bond acceptors (Lipinski definition) is 4. The molecule has 0 saturated carbocycles. The van der Waals surface area contributed by atoms with Crippen molar-refractivity contribution in [3.8, 4) is 5.75 Å². The number of anilines is 2. The van der Waals surface area contributed by atoms with Gasteiger partial charge in [0.25, 0.3) is 11.8 Å². The van der Waals surface area contributed by atoms with Crippen molar-refractivity contribution in [1.29, 1.82) is 0 Å². The van der Waals surface area contributed by atoms with Crippen molar-refractivity contribution in [3.05, 3.63) is 53.6 Å². The van der Waals surface area contributed by atoms with Gasteiger partial charge >= 0.3 is 0 Å². The van der Waals surface area contributed by atoms with Crippen LogP contribution in [0.5, 0.6) is 5.75 Å². The molecule has 1 aliphatic rings. The summed E-state index contributed by atoms with van der Waals surface area (Å²) in [5, 5.41) is 0. The molecule has 3 rings (SSSR count). The highest BCUT2D eigenvalue weighted by Crippen LogP contribution is 2.36. The third kappa shape index (κ3) is 1.56. The summed E-state index contributed by atoms with van der Waals surface area (Å²) in [6.07, 6.45) is 0. The number of amides is 2. The number of imide groups is 1. The average molecular weight is 268 g/mol. The lowest BCUT2D eigenvalue weighted by Gasteiger charge is -2.16. The van der Waals surface area contributed by atoms with Crippen LogP contribution in [0.1, 0.15) is 20.7 Å². The molecule has 100 valence electrons. The maximum atomic E-state index is 12.5. The number of ether oxygens (including phenoxy) is 1. The SMILES string of the molecule is COc1ccccc1N1C(=O)c2cccc(N)c2C1=O. The fourth-order valence-electron chi connectivity index (χ4n) is 2.34. The van der Waals surface area contributed by atoms with Crippen LogP contribution in [0.4, 0.5) is 11.4 Å². The molecule has 0 fully saturated rings. The van der Waals surface area contributed by atoms with Gasteiger partial charge in [-0.15, -0.1) is 0 Å². The van der Waals surface area contributed by atoms with Crippen molar-refractivity contribution in [2.45, 2.75) is 0 Å². The summed E-state index contributed by atoms with van der Waals surface area (Å²) in [5.41, 5.74) is 7.10. The number of carbonyl (C=O) groups is 2. The fourth-order valence-corrected chi connectivity index (χ4v) is 2.34. The van der Waals surface area contributed by atoms with E-state index in [4.69, 9.17) is 10.5 Å². The van der Waals surface area contributed by atoms with Crippen molar-refractivity contribution in [1.82, 2.24) is 0 Å². The zero-order valence-corrected chi connectivity index (χ0v) is 10.8. The maximum absolute atomic E-state index is 12.5. The fraction of sp³-hybridized carbons (Fsp3) is 0.0667. The first-order valence-electron chi connectivity index (χ1n) is 6.05. The van der Waals surface area contributed by atoms with Crippen molar-refractivity contribution >= 4 is 23.2 Å². The van der Waals surface area contributed by atoms with E-state index >= 15 is 0 Å². The molecule has 0 atom stereocenters. The number of fused-ring (bicyclic) bond motifs is 1. The van der Waals surface area contributed by atoms with Crippen LogP contribution in [0.2, 0.25) is 0 Å². The highest BCUT2D eigenvalue weighted by molar-refractivity contribution is 6.36. The molecule has 0 unspecified atom stereocenters. The Morgan fingerprint density at radius 2 is 1.75 bits per heavy atom. The molecule has 0 radical (unpaired) electrons. The Morgan fingerprint density at radius 3 is 2.45 bits per heavy atom. The molecule has 1 heterocycles. The first kappa shape index (κ1) is 12.2. The van der Waals surface area contributed by atoms with E-state index < -0.39 is 5.91 Å². The monoisotopic (exact) mass is 268 g/mol. The predicted octanol–water partition coefficient (Wildman–Crippen LogP) is 2.08. The van der Waals surface area contributed by atoms with Gasteiger partial charge in [0.1, 0.15) is 5.75 Å². The van der Waals surface area contributed by atoms with Gasteiger partial charge in [0, 0.05) is 5.69 Å². The van der Waals surface area contributed by atoms with Crippen LogP contribution < -0.4 is 15.4 Å². The van der Waals surface area contributed by atoms with E-state index in [0.717, 1.165) is 4.90 Å². The number of rotatable bonds is 2. The first-order valence-corrected chi connectivity index (χ1v) is 6.05. The van der Waals surface area contributed by atoms with E-state index in [0.29, 0.717) is 22.7 Å². The van der Waals surface area contributed by atoms with Crippen LogP contribution in [0, 0.1) is 0 Å². The molecule has 5 nitrogen and oxygen atoms in total. The summed E-state index contributed by atoms with van der Waals surface area (Å²) < 4.78 is 5.21. The van der Waals surface area contributed by atoms with E-state index in [-0.39, 0.29) is 11.5 Å². The van der Waals surface area contributed by atoms with E-state index in [2.05, 4.69) is 0 Å². The number of benzene rings is 2. The van der Waals surface area contributed by atoms with Crippen LogP contribution in [0.3, 0.4) is 0 Å². The summed E-state index contributed by atoms with van der Waals surface area (Å²) in [6.45, 7) is 0. The normalized spacial score (nSPS) is 13.6. The van der Waals surface area contributed by atoms with E-state index in [1.165, 1.54) is 7.11 Å². The molecule has 0 saturated heterocycles. The largest absolute Gasteiger partial charge is 0.495 e. The zero-order valence-electron chi connectivity index (χ0n) is 10.8. The molecular formula is C15H12N2O3. The van der Waals surface area contributed by atoms with E-state index in [1.807, 2.05) is 0 Å². The molecular weight excluding hydrogens is 256 g/mol. The molecule has 0 bridgehead atoms. The van der Waals surface area contributed by atoms with Gasteiger partial charge in [-0.2, -0.15) is 0 Å². The summed E-state index contributed by atoms with van der Waals surface area (Å²) in [7, 11) is 1.49. The van der Waals surface area contributed by atoms with Gasteiger partial charge in [-0.25, -0.2) is 4.90 Å². The first-order chi connectivity index (χ1) is 9.65. The minimum Gasteiger partial charge on any atom is -0.495 e. The van der Waals surface area contributed by atoms with Gasteiger partial charge in [-0.1, -0.05) is 18.2 Å². The second kappa shape index (κ2) is 4.38. The highest BCUT2D eigenvalue weighted by Gasteiger charge is 2.39. The van der Waals surface area contributed by atoms with Crippen molar-refractivity contribution in [2.75, 3.05) is 17.7 Å². The zero-order chi connectivity index (χ0) is 14.3. The van der Waals surface area contributed by atoms with Crippen molar-refractivity contribution in [2.24, 2.45) is 0 Å². The van der Waals surface area contributed by atoms with Crippen molar-refractivity contribution in [3.63, 3.8) is 0 Å². The summed E-state index contributed by atoms with van der Waals surface area (Å²) in [5.74, 6) is -0.352. The number of carbonyl (C=O) groups excluding carboxylic acids is 2. The summed E-state index contributed by atoms with van der Waals surface area (Å²) in [6, 6.07) is 11.7. The maximum Gasteiger partial charge on any atom is 0.268 e. The number of nitrogen functional groups attached to an aromatic ring is 1. The molecule has 2 N–H and O–H groups in total. The minimum atomic E-state index is -0.424. The Kier molecular flexibility index (Phi) is 2.68. The predicted molar refractivity (Wildman–Crippen MR) is 75.0 cm³/mol. The Balaban J connectivity index is 2.17. The molecule has 20 heavy (non-hydrogen) atoms. The van der Waals surface area contributed by atoms with Gasteiger partial charge in [-0.05, 0) is 24.3 Å². The summed E-state index contributed by atoms with van der Waals surface area (Å²) >= 11 is 0. The van der Waals surface area contributed by atoms with Crippen molar-refractivity contribution < 1.29 is 14.3 Å². The van der Waals surface area contributed by atoms with Crippen LogP contribution in [0.15, 0.2) is 42.5 Å². The Hall–Kier alpha value is -2.82. The number of nitrogens with zero attached hydrogens (tertiary/aromatic N) is 1. The smallest absolute Gasteiger partial charge is 0.268 e. The molecule has 2 aromatic rings. The molecule has 0 spiro atoms. The highest BCUT2D eigenvalue weighted by atomic mass is 16.5. The quantitative estimate of drug-likeness (QED) is 0.668. The van der Waals surface area contributed by atoms with Gasteiger partial charge in [0.15, 0.2) is 0 Å². The number of para-hydroxylation sites is 2.